The summed E-state index contributed by atoms with van der Waals surface area (Å²) in [5.41, 5.74) is 0.370. The fourth-order valence-electron chi connectivity index (χ4n) is 3.53. The predicted octanol–water partition coefficient (Wildman–Crippen LogP) is 2.94. The Kier molecular flexibility index (Phi) is 6.33. The summed E-state index contributed by atoms with van der Waals surface area (Å²) in [5.74, 6) is 1.88. The molecule has 0 aromatic heterocycles. The van der Waals surface area contributed by atoms with E-state index in [4.69, 9.17) is 0 Å². The van der Waals surface area contributed by atoms with E-state index in [0.29, 0.717) is 29.1 Å². The number of nitrogens with one attached hydrogen (secondary N) is 1. The van der Waals surface area contributed by atoms with Gasteiger partial charge in [-0.2, -0.15) is 0 Å². The van der Waals surface area contributed by atoms with Crippen molar-refractivity contribution in [2.45, 2.75) is 47.0 Å². The molecule has 0 aromatic carbocycles. The maximum absolute atomic E-state index is 12.8. The summed E-state index contributed by atoms with van der Waals surface area (Å²) in [7, 11) is 0. The van der Waals surface area contributed by atoms with Gasteiger partial charge in [0.2, 0.25) is 5.91 Å². The molecule has 118 valence electrons. The fourth-order valence-corrected chi connectivity index (χ4v) is 3.53. The van der Waals surface area contributed by atoms with E-state index in [1.54, 1.807) is 0 Å². The molecular weight excluding hydrogens is 272 g/mol. The van der Waals surface area contributed by atoms with Crippen LogP contribution in [-0.4, -0.2) is 37.0 Å². The molecule has 1 saturated heterocycles. The Bertz CT molecular complexity index is 314. The highest BCUT2D eigenvalue weighted by atomic mass is 35.5. The highest BCUT2D eigenvalue weighted by Crippen LogP contribution is 2.59. The Balaban J connectivity index is 0.00000200. The Morgan fingerprint density at radius 3 is 2.10 bits per heavy atom. The number of halogens is 1. The molecule has 0 radical (unpaired) electrons. The molecule has 0 bridgehead atoms. The number of nitrogens with zero attached hydrogens (tertiary/aromatic N) is 1. The molecule has 1 spiro atoms. The third-order valence-corrected chi connectivity index (χ3v) is 4.57. The molecular formula is C16H31ClN2O. The van der Waals surface area contributed by atoms with Gasteiger partial charge in [-0.1, -0.05) is 27.7 Å². The lowest BCUT2D eigenvalue weighted by atomic mass is 9.91. The van der Waals surface area contributed by atoms with E-state index in [0.717, 1.165) is 32.6 Å². The maximum atomic E-state index is 12.8. The first-order chi connectivity index (χ1) is 8.94. The largest absolute Gasteiger partial charge is 0.342 e. The smallest absolute Gasteiger partial charge is 0.226 e. The predicted molar refractivity (Wildman–Crippen MR) is 86.1 cm³/mol. The van der Waals surface area contributed by atoms with Gasteiger partial charge in [-0.25, -0.2) is 0 Å². The molecule has 3 nitrogen and oxygen atoms in total. The Morgan fingerprint density at radius 1 is 1.15 bits per heavy atom. The Labute approximate surface area is 130 Å². The second kappa shape index (κ2) is 7.13. The van der Waals surface area contributed by atoms with Gasteiger partial charge >= 0.3 is 0 Å². The van der Waals surface area contributed by atoms with E-state index in [1.165, 1.54) is 12.8 Å². The first-order valence-corrected chi connectivity index (χ1v) is 7.94. The van der Waals surface area contributed by atoms with Crippen LogP contribution in [0.15, 0.2) is 0 Å². The first kappa shape index (κ1) is 17.8. The topological polar surface area (TPSA) is 32.3 Å². The van der Waals surface area contributed by atoms with Gasteiger partial charge in [0.25, 0.3) is 0 Å². The number of hydrogen-bond acceptors (Lipinski definition) is 2. The standard InChI is InChI=1S/C16H30N2O.ClH/c1-12(2)10-18(11-13(3)4)15(19)14-9-16(14)5-7-17-8-6-16;/h12-14,17H,5-11H2,1-4H3;1H. The molecule has 1 amide bonds. The second-order valence-electron chi connectivity index (χ2n) is 7.40. The molecule has 1 aliphatic heterocycles. The van der Waals surface area contributed by atoms with Crippen molar-refractivity contribution in [2.24, 2.45) is 23.2 Å². The first-order valence-electron chi connectivity index (χ1n) is 7.94. The monoisotopic (exact) mass is 302 g/mol. The third-order valence-electron chi connectivity index (χ3n) is 4.57. The second-order valence-corrected chi connectivity index (χ2v) is 7.40. The molecule has 20 heavy (non-hydrogen) atoms. The molecule has 1 aliphatic carbocycles. The Morgan fingerprint density at radius 2 is 1.65 bits per heavy atom. The molecule has 1 heterocycles. The summed E-state index contributed by atoms with van der Waals surface area (Å²) in [6.07, 6.45) is 3.53. The number of carbonyl (C=O) groups excluding carboxylic acids is 1. The van der Waals surface area contributed by atoms with Gasteiger partial charge in [0.15, 0.2) is 0 Å². The molecule has 1 unspecified atom stereocenters. The number of carbonyl (C=O) groups is 1. The highest BCUT2D eigenvalue weighted by Gasteiger charge is 2.58. The van der Waals surface area contributed by atoms with E-state index in [2.05, 4.69) is 37.9 Å². The molecule has 1 N–H and O–H groups in total. The van der Waals surface area contributed by atoms with Crippen LogP contribution in [-0.2, 0) is 4.79 Å². The summed E-state index contributed by atoms with van der Waals surface area (Å²) < 4.78 is 0. The van der Waals surface area contributed by atoms with Gasteiger partial charge in [0.05, 0.1) is 0 Å². The molecule has 2 rings (SSSR count). The summed E-state index contributed by atoms with van der Waals surface area (Å²) in [4.78, 5) is 14.9. The number of rotatable bonds is 5. The lowest BCUT2D eigenvalue weighted by molar-refractivity contribution is -0.134. The summed E-state index contributed by atoms with van der Waals surface area (Å²) in [6, 6.07) is 0. The van der Waals surface area contributed by atoms with Crippen molar-refractivity contribution in [3.05, 3.63) is 0 Å². The van der Waals surface area contributed by atoms with Crippen LogP contribution in [0, 0.1) is 23.2 Å². The minimum Gasteiger partial charge on any atom is -0.342 e. The summed E-state index contributed by atoms with van der Waals surface area (Å²) in [5, 5.41) is 3.41. The van der Waals surface area contributed by atoms with Crippen molar-refractivity contribution in [3.63, 3.8) is 0 Å². The SMILES string of the molecule is CC(C)CN(CC(C)C)C(=O)C1CC12CCNCC2.Cl. The lowest BCUT2D eigenvalue weighted by Crippen LogP contribution is -2.40. The van der Waals surface area contributed by atoms with Gasteiger partial charge < -0.3 is 10.2 Å². The van der Waals surface area contributed by atoms with Crippen molar-refractivity contribution in [2.75, 3.05) is 26.2 Å². The van der Waals surface area contributed by atoms with Crippen LogP contribution in [0.5, 0.6) is 0 Å². The van der Waals surface area contributed by atoms with Crippen LogP contribution in [0.2, 0.25) is 0 Å². The van der Waals surface area contributed by atoms with E-state index in [9.17, 15) is 4.79 Å². The van der Waals surface area contributed by atoms with Crippen LogP contribution in [0.4, 0.5) is 0 Å². The van der Waals surface area contributed by atoms with Gasteiger partial charge in [-0.15, -0.1) is 12.4 Å². The van der Waals surface area contributed by atoms with Crippen molar-refractivity contribution in [1.29, 1.82) is 0 Å². The number of piperidine rings is 1. The van der Waals surface area contributed by atoms with Gasteiger partial charge in [-0.3, -0.25) is 4.79 Å². The minimum atomic E-state index is 0. The van der Waals surface area contributed by atoms with Crippen molar-refractivity contribution in [1.82, 2.24) is 10.2 Å². The van der Waals surface area contributed by atoms with Crippen LogP contribution in [0.25, 0.3) is 0 Å². The molecule has 1 atom stereocenters. The average molecular weight is 303 g/mol. The van der Waals surface area contributed by atoms with Crippen LogP contribution in [0.1, 0.15) is 47.0 Å². The normalized spacial score (nSPS) is 23.8. The molecule has 4 heteroatoms. The van der Waals surface area contributed by atoms with E-state index in [1.807, 2.05) is 0 Å². The van der Waals surface area contributed by atoms with Gasteiger partial charge in [-0.05, 0) is 49.6 Å². The van der Waals surface area contributed by atoms with E-state index >= 15 is 0 Å². The average Bonchev–Trinajstić information content (AvgIpc) is 3.01. The molecule has 2 aliphatic rings. The van der Waals surface area contributed by atoms with Crippen molar-refractivity contribution < 1.29 is 4.79 Å². The van der Waals surface area contributed by atoms with Gasteiger partial charge in [0.1, 0.15) is 0 Å². The fraction of sp³-hybridized carbons (Fsp3) is 0.938. The van der Waals surface area contributed by atoms with E-state index in [-0.39, 0.29) is 12.4 Å². The van der Waals surface area contributed by atoms with Crippen LogP contribution >= 0.6 is 12.4 Å². The highest BCUT2D eigenvalue weighted by molar-refractivity contribution is 5.85. The maximum Gasteiger partial charge on any atom is 0.226 e. The molecule has 0 aromatic rings. The Hall–Kier alpha value is -0.280. The molecule has 2 fully saturated rings. The van der Waals surface area contributed by atoms with E-state index < -0.39 is 0 Å². The van der Waals surface area contributed by atoms with Gasteiger partial charge in [0, 0.05) is 19.0 Å². The van der Waals surface area contributed by atoms with Crippen molar-refractivity contribution >= 4 is 18.3 Å². The minimum absolute atomic E-state index is 0. The van der Waals surface area contributed by atoms with Crippen molar-refractivity contribution in [3.8, 4) is 0 Å². The van der Waals surface area contributed by atoms with Crippen LogP contribution < -0.4 is 5.32 Å². The molecule has 1 saturated carbocycles. The number of amides is 1. The summed E-state index contributed by atoms with van der Waals surface area (Å²) >= 11 is 0. The zero-order valence-corrected chi connectivity index (χ0v) is 14.3. The third kappa shape index (κ3) is 4.11. The zero-order chi connectivity index (χ0) is 14.0. The zero-order valence-electron chi connectivity index (χ0n) is 13.4. The number of hydrogen-bond donors (Lipinski definition) is 1. The van der Waals surface area contributed by atoms with Crippen LogP contribution in [0.3, 0.4) is 0 Å². The quantitative estimate of drug-likeness (QED) is 0.847. The lowest BCUT2D eigenvalue weighted by Gasteiger charge is -2.29. The summed E-state index contributed by atoms with van der Waals surface area (Å²) in [6.45, 7) is 12.8.